The van der Waals surface area contributed by atoms with Crippen molar-refractivity contribution in [1.82, 2.24) is 15.4 Å². The highest BCUT2D eigenvalue weighted by Crippen LogP contribution is 2.38. The van der Waals surface area contributed by atoms with Gasteiger partial charge in [-0.05, 0) is 26.0 Å². The van der Waals surface area contributed by atoms with Crippen molar-refractivity contribution in [2.75, 3.05) is 13.2 Å². The normalized spacial score (nSPS) is 10.4. The first kappa shape index (κ1) is 15.1. The monoisotopic (exact) mass is 311 g/mol. The molecule has 0 spiro atoms. The van der Waals surface area contributed by atoms with Crippen molar-refractivity contribution in [1.29, 1.82) is 0 Å². The van der Waals surface area contributed by atoms with Gasteiger partial charge in [-0.3, -0.25) is 0 Å². The second kappa shape index (κ2) is 6.45. The molecule has 0 aliphatic heterocycles. The molecular formula is C13H14ClN3O4. The summed E-state index contributed by atoms with van der Waals surface area (Å²) in [5.41, 5.74) is 0.801. The van der Waals surface area contributed by atoms with E-state index in [1.165, 1.54) is 12.1 Å². The van der Waals surface area contributed by atoms with Crippen molar-refractivity contribution in [3.8, 4) is 22.8 Å². The number of hydrogen-bond donors (Lipinski definition) is 2. The lowest BCUT2D eigenvalue weighted by atomic mass is 10.1. The molecule has 2 rings (SSSR count). The number of aromatic nitrogens is 3. The summed E-state index contributed by atoms with van der Waals surface area (Å²) in [6, 6.07) is 3.01. The summed E-state index contributed by atoms with van der Waals surface area (Å²) in [6.07, 6.45) is 0. The lowest BCUT2D eigenvalue weighted by Gasteiger charge is -2.09. The van der Waals surface area contributed by atoms with Gasteiger partial charge >= 0.3 is 5.97 Å². The molecule has 1 aromatic carbocycles. The first-order valence-corrected chi connectivity index (χ1v) is 6.69. The second-order valence-electron chi connectivity index (χ2n) is 3.98. The Hall–Kier alpha value is -2.28. The topological polar surface area (TPSA) is 97.3 Å². The maximum absolute atomic E-state index is 11.8. The molecule has 0 atom stereocenters. The van der Waals surface area contributed by atoms with Crippen molar-refractivity contribution in [2.45, 2.75) is 13.8 Å². The molecule has 0 aliphatic carbocycles. The van der Waals surface area contributed by atoms with Crippen molar-refractivity contribution < 1.29 is 19.4 Å². The number of aromatic amines is 1. The van der Waals surface area contributed by atoms with Crippen LogP contribution in [0.25, 0.3) is 11.3 Å². The molecule has 0 amide bonds. The molecule has 7 nitrogen and oxygen atoms in total. The van der Waals surface area contributed by atoms with E-state index >= 15 is 0 Å². The van der Waals surface area contributed by atoms with Crippen LogP contribution in [0, 0.1) is 0 Å². The van der Waals surface area contributed by atoms with E-state index in [9.17, 15) is 9.90 Å². The average molecular weight is 312 g/mol. The molecule has 8 heteroatoms. The van der Waals surface area contributed by atoms with E-state index in [-0.39, 0.29) is 34.5 Å². The number of carbonyl (C=O) groups is 1. The Morgan fingerprint density at radius 2 is 2.10 bits per heavy atom. The number of rotatable bonds is 5. The van der Waals surface area contributed by atoms with Crippen molar-refractivity contribution >= 4 is 17.6 Å². The summed E-state index contributed by atoms with van der Waals surface area (Å²) in [5.74, 6) is -0.551. The molecule has 0 aliphatic rings. The zero-order chi connectivity index (χ0) is 15.4. The van der Waals surface area contributed by atoms with Crippen LogP contribution in [0.15, 0.2) is 12.1 Å². The quantitative estimate of drug-likeness (QED) is 0.823. The first-order valence-electron chi connectivity index (χ1n) is 6.32. The smallest absolute Gasteiger partial charge is 0.361 e. The molecule has 0 saturated carbocycles. The number of hydrogen-bond acceptors (Lipinski definition) is 6. The van der Waals surface area contributed by atoms with Crippen LogP contribution < -0.4 is 4.74 Å². The number of carbonyl (C=O) groups excluding carboxylic acids is 1. The van der Waals surface area contributed by atoms with E-state index in [0.29, 0.717) is 12.2 Å². The number of ether oxygens (including phenoxy) is 2. The summed E-state index contributed by atoms with van der Waals surface area (Å²) in [4.78, 5) is 11.8. The van der Waals surface area contributed by atoms with Crippen LogP contribution in [-0.2, 0) is 4.74 Å². The average Bonchev–Trinajstić information content (AvgIpc) is 2.93. The molecule has 0 fully saturated rings. The Bertz CT molecular complexity index is 657. The molecule has 0 unspecified atom stereocenters. The predicted molar refractivity (Wildman–Crippen MR) is 75.6 cm³/mol. The third-order valence-corrected chi connectivity index (χ3v) is 2.91. The van der Waals surface area contributed by atoms with Crippen molar-refractivity contribution in [3.63, 3.8) is 0 Å². The summed E-state index contributed by atoms with van der Waals surface area (Å²) >= 11 is 5.96. The lowest BCUT2D eigenvalue weighted by molar-refractivity contribution is 0.0520. The van der Waals surface area contributed by atoms with E-state index in [1.54, 1.807) is 13.8 Å². The minimum absolute atomic E-state index is 0.0426. The number of phenols is 1. The second-order valence-corrected chi connectivity index (χ2v) is 4.39. The minimum Gasteiger partial charge on any atom is -0.503 e. The highest BCUT2D eigenvalue weighted by Gasteiger charge is 2.21. The molecular weight excluding hydrogens is 298 g/mol. The number of nitrogens with zero attached hydrogens (tertiary/aromatic N) is 2. The van der Waals surface area contributed by atoms with Gasteiger partial charge < -0.3 is 14.6 Å². The van der Waals surface area contributed by atoms with Crippen LogP contribution in [0.2, 0.25) is 5.02 Å². The van der Waals surface area contributed by atoms with Gasteiger partial charge in [0.15, 0.2) is 17.2 Å². The van der Waals surface area contributed by atoms with Crippen LogP contribution in [0.5, 0.6) is 11.5 Å². The van der Waals surface area contributed by atoms with Crippen molar-refractivity contribution in [3.05, 3.63) is 22.8 Å². The largest absolute Gasteiger partial charge is 0.503 e. The summed E-state index contributed by atoms with van der Waals surface area (Å²) in [6.45, 7) is 4.06. The predicted octanol–water partition coefficient (Wildman–Crippen LogP) is 2.41. The number of aromatic hydroxyl groups is 1. The highest BCUT2D eigenvalue weighted by molar-refractivity contribution is 6.32. The molecule has 0 radical (unpaired) electrons. The molecule has 2 aromatic rings. The Balaban J connectivity index is 2.48. The third-order valence-electron chi connectivity index (χ3n) is 2.62. The Morgan fingerprint density at radius 1 is 1.33 bits per heavy atom. The molecule has 112 valence electrons. The van der Waals surface area contributed by atoms with Gasteiger partial charge in [0, 0.05) is 5.56 Å². The van der Waals surface area contributed by atoms with E-state index in [0.717, 1.165) is 0 Å². The number of H-pyrrole nitrogens is 1. The zero-order valence-electron chi connectivity index (χ0n) is 11.5. The number of benzene rings is 1. The molecule has 2 N–H and O–H groups in total. The Morgan fingerprint density at radius 3 is 2.76 bits per heavy atom. The molecule has 0 saturated heterocycles. The van der Waals surface area contributed by atoms with Crippen LogP contribution in [0.4, 0.5) is 0 Å². The summed E-state index contributed by atoms with van der Waals surface area (Å²) < 4.78 is 10.2. The number of nitrogens with one attached hydrogen (secondary N) is 1. The Kier molecular flexibility index (Phi) is 4.64. The van der Waals surface area contributed by atoms with Gasteiger partial charge in [-0.15, -0.1) is 5.10 Å². The van der Waals surface area contributed by atoms with E-state index in [1.807, 2.05) is 0 Å². The van der Waals surface area contributed by atoms with Crippen LogP contribution in [-0.4, -0.2) is 39.7 Å². The SMILES string of the molecule is CCOC(=O)c1n[nH]nc1-c1cc(Cl)c(O)c(OCC)c1. The van der Waals surface area contributed by atoms with Crippen LogP contribution in [0.1, 0.15) is 24.3 Å². The zero-order valence-corrected chi connectivity index (χ0v) is 12.3. The molecule has 1 aromatic heterocycles. The van der Waals surface area contributed by atoms with Gasteiger partial charge in [-0.1, -0.05) is 11.6 Å². The molecule has 1 heterocycles. The number of phenolic OH excluding ortho intramolecular Hbond substituents is 1. The first-order chi connectivity index (χ1) is 10.1. The van der Waals surface area contributed by atoms with Crippen molar-refractivity contribution in [2.24, 2.45) is 0 Å². The Labute approximate surface area is 125 Å². The fraction of sp³-hybridized carbons (Fsp3) is 0.308. The minimum atomic E-state index is -0.594. The maximum atomic E-state index is 11.8. The summed E-state index contributed by atoms with van der Waals surface area (Å²) in [5, 5.41) is 20.0. The lowest BCUT2D eigenvalue weighted by Crippen LogP contribution is -2.06. The number of esters is 1. The van der Waals surface area contributed by atoms with Crippen LogP contribution >= 0.6 is 11.6 Å². The fourth-order valence-electron chi connectivity index (χ4n) is 1.75. The third kappa shape index (κ3) is 3.08. The highest BCUT2D eigenvalue weighted by atomic mass is 35.5. The molecule has 0 bridgehead atoms. The van der Waals surface area contributed by atoms with Gasteiger partial charge in [0.05, 0.1) is 18.2 Å². The van der Waals surface area contributed by atoms with E-state index in [4.69, 9.17) is 21.1 Å². The standard InChI is InChI=1S/C13H14ClN3O4/c1-3-20-9-6-7(5-8(14)12(9)18)10-11(16-17-15-10)13(19)21-4-2/h5-6,18H,3-4H2,1-2H3,(H,15,16,17). The number of halogens is 1. The van der Waals surface area contributed by atoms with Gasteiger partial charge in [0.25, 0.3) is 0 Å². The fourth-order valence-corrected chi connectivity index (χ4v) is 1.96. The van der Waals surface area contributed by atoms with E-state index in [2.05, 4.69) is 15.4 Å². The van der Waals surface area contributed by atoms with Crippen LogP contribution in [0.3, 0.4) is 0 Å². The van der Waals surface area contributed by atoms with Gasteiger partial charge in [-0.25, -0.2) is 4.79 Å². The molecule has 21 heavy (non-hydrogen) atoms. The van der Waals surface area contributed by atoms with Gasteiger partial charge in [0.1, 0.15) is 5.69 Å². The van der Waals surface area contributed by atoms with E-state index < -0.39 is 5.97 Å². The summed E-state index contributed by atoms with van der Waals surface area (Å²) in [7, 11) is 0. The van der Waals surface area contributed by atoms with Gasteiger partial charge in [0.2, 0.25) is 0 Å². The van der Waals surface area contributed by atoms with Gasteiger partial charge in [-0.2, -0.15) is 10.3 Å². The maximum Gasteiger partial charge on any atom is 0.361 e.